The van der Waals surface area contributed by atoms with E-state index in [0.717, 1.165) is 31.9 Å². The summed E-state index contributed by atoms with van der Waals surface area (Å²) in [5.74, 6) is 0.944. The van der Waals surface area contributed by atoms with E-state index in [1.807, 2.05) is 0 Å². The summed E-state index contributed by atoms with van der Waals surface area (Å²) in [7, 11) is 1.73. The molecular weight excluding hydrogens is 319 g/mol. The maximum Gasteiger partial charge on any atom is 0.119 e. The Balaban J connectivity index is 0.00000220. The Morgan fingerprint density at radius 1 is 1.14 bits per heavy atom. The van der Waals surface area contributed by atoms with E-state index in [9.17, 15) is 0 Å². The molecule has 22 heavy (non-hydrogen) atoms. The van der Waals surface area contributed by atoms with Crippen molar-refractivity contribution in [3.8, 4) is 5.75 Å². The predicted molar refractivity (Wildman–Crippen MR) is 98.9 cm³/mol. The third-order valence-corrected chi connectivity index (χ3v) is 4.11. The van der Waals surface area contributed by atoms with Gasteiger partial charge < -0.3 is 10.1 Å². The minimum atomic E-state index is 0. The summed E-state index contributed by atoms with van der Waals surface area (Å²) in [5.41, 5.74) is 2.97. The van der Waals surface area contributed by atoms with Crippen LogP contribution in [0.25, 0.3) is 0 Å². The van der Waals surface area contributed by atoms with Crippen molar-refractivity contribution in [3.63, 3.8) is 0 Å². The maximum absolute atomic E-state index is 5.34. The van der Waals surface area contributed by atoms with Gasteiger partial charge in [0.05, 0.1) is 7.11 Å². The normalized spacial score (nSPS) is 17.1. The number of piperazine rings is 1. The Labute approximate surface area is 147 Å². The monoisotopic (exact) mass is 348 g/mol. The SMILES string of the molecule is COc1ccc([C@@H](N2CCNCC2)C(C)(C)C)c(C)c1.Cl.Cl. The molecule has 1 aliphatic heterocycles. The Kier molecular flexibility index (Phi) is 8.78. The molecule has 2 rings (SSSR count). The van der Waals surface area contributed by atoms with Crippen molar-refractivity contribution in [2.45, 2.75) is 33.7 Å². The van der Waals surface area contributed by atoms with Crippen LogP contribution in [0.1, 0.15) is 37.9 Å². The van der Waals surface area contributed by atoms with Gasteiger partial charge in [-0.05, 0) is 35.6 Å². The van der Waals surface area contributed by atoms with E-state index in [4.69, 9.17) is 4.74 Å². The van der Waals surface area contributed by atoms with Gasteiger partial charge in [0, 0.05) is 32.2 Å². The van der Waals surface area contributed by atoms with Gasteiger partial charge in [0.15, 0.2) is 0 Å². The first-order chi connectivity index (χ1) is 9.43. The fourth-order valence-corrected chi connectivity index (χ4v) is 3.23. The molecule has 1 fully saturated rings. The number of nitrogens with one attached hydrogen (secondary N) is 1. The van der Waals surface area contributed by atoms with Crippen LogP contribution < -0.4 is 10.1 Å². The Hall–Kier alpha value is -0.480. The second-order valence-corrected chi connectivity index (χ2v) is 6.78. The van der Waals surface area contributed by atoms with Crippen molar-refractivity contribution in [2.75, 3.05) is 33.3 Å². The number of methoxy groups -OCH3 is 1. The number of aryl methyl sites for hydroxylation is 1. The smallest absolute Gasteiger partial charge is 0.119 e. The Bertz CT molecular complexity index is 454. The molecule has 1 saturated heterocycles. The van der Waals surface area contributed by atoms with Crippen LogP contribution in [0, 0.1) is 12.3 Å². The summed E-state index contributed by atoms with van der Waals surface area (Å²) >= 11 is 0. The zero-order valence-electron chi connectivity index (χ0n) is 14.3. The van der Waals surface area contributed by atoms with Crippen molar-refractivity contribution in [2.24, 2.45) is 5.41 Å². The highest BCUT2D eigenvalue weighted by molar-refractivity contribution is 5.85. The van der Waals surface area contributed by atoms with Gasteiger partial charge >= 0.3 is 0 Å². The summed E-state index contributed by atoms with van der Waals surface area (Å²) in [6.07, 6.45) is 0. The summed E-state index contributed by atoms with van der Waals surface area (Å²) in [4.78, 5) is 2.62. The van der Waals surface area contributed by atoms with Gasteiger partial charge in [-0.25, -0.2) is 0 Å². The van der Waals surface area contributed by atoms with Gasteiger partial charge in [0.1, 0.15) is 5.75 Å². The third kappa shape index (κ3) is 5.02. The lowest BCUT2D eigenvalue weighted by atomic mass is 9.79. The van der Waals surface area contributed by atoms with Crippen molar-refractivity contribution < 1.29 is 4.74 Å². The first-order valence-electron chi connectivity index (χ1n) is 7.53. The molecule has 0 spiro atoms. The highest BCUT2D eigenvalue weighted by atomic mass is 35.5. The minimum absolute atomic E-state index is 0. The quantitative estimate of drug-likeness (QED) is 0.897. The third-order valence-electron chi connectivity index (χ3n) is 4.11. The van der Waals surface area contributed by atoms with E-state index in [-0.39, 0.29) is 30.2 Å². The fraction of sp³-hybridized carbons (Fsp3) is 0.647. The van der Waals surface area contributed by atoms with E-state index in [1.165, 1.54) is 11.1 Å². The molecular formula is C17H30Cl2N2O. The molecule has 128 valence electrons. The van der Waals surface area contributed by atoms with E-state index >= 15 is 0 Å². The average molecular weight is 349 g/mol. The zero-order chi connectivity index (χ0) is 14.8. The van der Waals surface area contributed by atoms with Crippen molar-refractivity contribution >= 4 is 24.8 Å². The molecule has 3 nitrogen and oxygen atoms in total. The van der Waals surface area contributed by atoms with Crippen LogP contribution in [0.2, 0.25) is 0 Å². The van der Waals surface area contributed by atoms with E-state index in [2.05, 4.69) is 56.1 Å². The van der Waals surface area contributed by atoms with Gasteiger partial charge in [0.2, 0.25) is 0 Å². The zero-order valence-corrected chi connectivity index (χ0v) is 15.9. The summed E-state index contributed by atoms with van der Waals surface area (Å²) in [6.45, 7) is 13.6. The first-order valence-corrected chi connectivity index (χ1v) is 7.53. The van der Waals surface area contributed by atoms with Crippen LogP contribution in [0.4, 0.5) is 0 Å². The second-order valence-electron chi connectivity index (χ2n) is 6.78. The molecule has 1 aliphatic rings. The lowest BCUT2D eigenvalue weighted by molar-refractivity contribution is 0.0857. The second kappa shape index (κ2) is 8.97. The lowest BCUT2D eigenvalue weighted by Gasteiger charge is -2.43. The Morgan fingerprint density at radius 2 is 1.73 bits per heavy atom. The first kappa shape index (κ1) is 21.5. The molecule has 0 saturated carbocycles. The van der Waals surface area contributed by atoms with Gasteiger partial charge in [-0.15, -0.1) is 24.8 Å². The summed E-state index contributed by atoms with van der Waals surface area (Å²) in [6, 6.07) is 6.93. The lowest BCUT2D eigenvalue weighted by Crippen LogP contribution is -2.48. The van der Waals surface area contributed by atoms with Crippen LogP contribution >= 0.6 is 24.8 Å². The highest BCUT2D eigenvalue weighted by Gasteiger charge is 2.33. The largest absolute Gasteiger partial charge is 0.497 e. The molecule has 1 atom stereocenters. The molecule has 5 heteroatoms. The number of halogens is 2. The predicted octanol–water partition coefficient (Wildman–Crippen LogP) is 3.84. The summed E-state index contributed by atoms with van der Waals surface area (Å²) in [5, 5.41) is 3.44. The van der Waals surface area contributed by atoms with Gasteiger partial charge in [0.25, 0.3) is 0 Å². The van der Waals surface area contributed by atoms with E-state index < -0.39 is 0 Å². The van der Waals surface area contributed by atoms with Crippen molar-refractivity contribution in [3.05, 3.63) is 29.3 Å². The Morgan fingerprint density at radius 3 is 2.18 bits per heavy atom. The number of ether oxygens (including phenoxy) is 1. The van der Waals surface area contributed by atoms with Crippen molar-refractivity contribution in [1.82, 2.24) is 10.2 Å². The molecule has 0 unspecified atom stereocenters. The fourth-order valence-electron chi connectivity index (χ4n) is 3.23. The molecule has 1 heterocycles. The summed E-state index contributed by atoms with van der Waals surface area (Å²) < 4.78 is 5.34. The number of nitrogens with zero attached hydrogens (tertiary/aromatic N) is 1. The highest BCUT2D eigenvalue weighted by Crippen LogP contribution is 2.40. The minimum Gasteiger partial charge on any atom is -0.497 e. The molecule has 0 aliphatic carbocycles. The van der Waals surface area contributed by atoms with Crippen LogP contribution in [0.15, 0.2) is 18.2 Å². The van der Waals surface area contributed by atoms with Crippen LogP contribution in [0.3, 0.4) is 0 Å². The van der Waals surface area contributed by atoms with Crippen LogP contribution in [-0.4, -0.2) is 38.2 Å². The standard InChI is InChI=1S/C17H28N2O.2ClH/c1-13-12-14(20-5)6-7-15(13)16(17(2,3)4)19-10-8-18-9-11-19;;/h6-7,12,16,18H,8-11H2,1-5H3;2*1H/t16-;;/m1../s1. The van der Waals surface area contributed by atoms with Crippen molar-refractivity contribution in [1.29, 1.82) is 0 Å². The van der Waals surface area contributed by atoms with Gasteiger partial charge in [-0.2, -0.15) is 0 Å². The van der Waals surface area contributed by atoms with E-state index in [1.54, 1.807) is 7.11 Å². The van der Waals surface area contributed by atoms with E-state index in [0.29, 0.717) is 6.04 Å². The molecule has 1 N–H and O–H groups in total. The topological polar surface area (TPSA) is 24.5 Å². The molecule has 0 radical (unpaired) electrons. The van der Waals surface area contributed by atoms with Gasteiger partial charge in [-0.1, -0.05) is 26.8 Å². The van der Waals surface area contributed by atoms with Gasteiger partial charge in [-0.3, -0.25) is 4.90 Å². The van der Waals surface area contributed by atoms with Crippen LogP contribution in [-0.2, 0) is 0 Å². The molecule has 1 aromatic carbocycles. The maximum atomic E-state index is 5.34. The van der Waals surface area contributed by atoms with Crippen LogP contribution in [0.5, 0.6) is 5.75 Å². The number of rotatable bonds is 3. The molecule has 0 aromatic heterocycles. The molecule has 1 aromatic rings. The molecule has 0 amide bonds. The molecule has 0 bridgehead atoms. The number of benzene rings is 1. The number of hydrogen-bond acceptors (Lipinski definition) is 3. The average Bonchev–Trinajstić information content (AvgIpc) is 2.40. The number of hydrogen-bond donors (Lipinski definition) is 1.